The smallest absolute Gasteiger partial charge is 0.100 e. The maximum atomic E-state index is 8.72. The minimum atomic E-state index is -0.954. The summed E-state index contributed by atoms with van der Waals surface area (Å²) >= 11 is 0. The summed E-state index contributed by atoms with van der Waals surface area (Å²) in [5, 5.41) is 65.7. The Morgan fingerprint density at radius 2 is 1.00 bits per heavy atom. The van der Waals surface area contributed by atoms with Crippen LogP contribution in [0, 0.1) is 0 Å². The molecule has 12 nitrogen and oxygen atoms in total. The normalized spacial score (nSPS) is 10.8. The van der Waals surface area contributed by atoms with Gasteiger partial charge in [-0.15, -0.1) is 0 Å². The van der Waals surface area contributed by atoms with E-state index >= 15 is 0 Å². The van der Waals surface area contributed by atoms with Crippen molar-refractivity contribution in [3.8, 4) is 0 Å². The molecule has 0 aliphatic heterocycles. The van der Waals surface area contributed by atoms with E-state index in [1.54, 1.807) is 0 Å². The Balaban J connectivity index is -0.0000000421. The van der Waals surface area contributed by atoms with Gasteiger partial charge in [-0.1, -0.05) is 21.8 Å². The average molecular weight is 402 g/mol. The highest BCUT2D eigenvalue weighted by Gasteiger charge is 2.04. The lowest BCUT2D eigenvalue weighted by Crippen LogP contribution is -2.25. The molecule has 0 spiro atoms. The topological polar surface area (TPSA) is 243 Å². The summed E-state index contributed by atoms with van der Waals surface area (Å²) in [6.45, 7) is 0.842. The summed E-state index contributed by atoms with van der Waals surface area (Å²) in [6.07, 6.45) is -1.91. The minimum absolute atomic E-state index is 0. The second-order valence-electron chi connectivity index (χ2n) is 4.06. The molecular weight excluding hydrogens is 360 g/mol. The number of hydrogen-bond donors (Lipinski definition) is 8. The van der Waals surface area contributed by atoms with E-state index in [0.29, 0.717) is 6.61 Å². The summed E-state index contributed by atoms with van der Waals surface area (Å²) in [5.74, 6) is 0. The molecule has 170 valence electrons. The minimum Gasteiger partial charge on any atom is -0.412 e. The van der Waals surface area contributed by atoms with Gasteiger partial charge >= 0.3 is 0 Å². The van der Waals surface area contributed by atoms with Crippen LogP contribution >= 0.6 is 0 Å². The van der Waals surface area contributed by atoms with Crippen LogP contribution in [0.3, 0.4) is 0 Å². The molecule has 0 bridgehead atoms. The van der Waals surface area contributed by atoms with Crippen molar-refractivity contribution in [2.75, 3.05) is 46.2 Å². The van der Waals surface area contributed by atoms with E-state index in [0.717, 1.165) is 6.42 Å². The molecule has 2 atom stereocenters. The Labute approximate surface area is 155 Å². The molecule has 26 heavy (non-hydrogen) atoms. The number of ether oxygens (including phenoxy) is 1. The van der Waals surface area contributed by atoms with Crippen LogP contribution in [0.4, 0.5) is 0 Å². The van der Waals surface area contributed by atoms with Crippen LogP contribution in [0.2, 0.25) is 0 Å². The number of rotatable bonds is 10. The summed E-state index contributed by atoms with van der Waals surface area (Å²) in [7, 11) is 0. The first-order valence-electron chi connectivity index (χ1n) is 6.74. The van der Waals surface area contributed by atoms with Crippen molar-refractivity contribution in [3.05, 3.63) is 0 Å². The Morgan fingerprint density at radius 3 is 1.12 bits per heavy atom. The molecule has 0 aromatic heterocycles. The fraction of sp³-hybridized carbons (Fsp3) is 1.00. The number of aliphatic hydroxyl groups excluding tert-OH is 7. The summed E-state index contributed by atoms with van der Waals surface area (Å²) in [6, 6.07) is 0. The number of hydrogen-bond acceptors (Lipinski definition) is 10. The Hall–Kier alpha value is -0.480. The van der Waals surface area contributed by atoms with Crippen molar-refractivity contribution in [1.29, 1.82) is 0 Å². The van der Waals surface area contributed by atoms with Crippen molar-refractivity contribution >= 4 is 0 Å². The van der Waals surface area contributed by atoms with Crippen LogP contribution in [0.1, 0.15) is 28.2 Å². The lowest BCUT2D eigenvalue weighted by molar-refractivity contribution is -0.241. The maximum Gasteiger partial charge on any atom is 0.100 e. The summed E-state index contributed by atoms with van der Waals surface area (Å²) in [4.78, 5) is 3.69. The van der Waals surface area contributed by atoms with Gasteiger partial charge in [0, 0.05) is 0 Å². The second-order valence-corrected chi connectivity index (χ2v) is 4.06. The largest absolute Gasteiger partial charge is 0.412 e. The van der Waals surface area contributed by atoms with E-state index in [2.05, 4.69) is 4.89 Å². The molecule has 0 aromatic rings. The quantitative estimate of drug-likeness (QED) is 0.133. The number of aliphatic hydroxyl groups is 7. The SMILES string of the molecule is C.C.CCCOO.O.O.OCC(O)CO.OCC(O)COC[C@H](O)CO. The predicted octanol–water partition coefficient (Wildman–Crippen LogP) is -3.45. The van der Waals surface area contributed by atoms with Crippen molar-refractivity contribution in [3.63, 3.8) is 0 Å². The van der Waals surface area contributed by atoms with Crippen molar-refractivity contribution in [2.24, 2.45) is 0 Å². The Bertz CT molecular complexity index is 171. The van der Waals surface area contributed by atoms with E-state index < -0.39 is 18.3 Å². The monoisotopic (exact) mass is 402 g/mol. The first-order chi connectivity index (χ1) is 10.4. The highest BCUT2D eigenvalue weighted by atomic mass is 17.1. The van der Waals surface area contributed by atoms with Crippen LogP contribution in [0.15, 0.2) is 0 Å². The molecule has 1 unspecified atom stereocenters. The van der Waals surface area contributed by atoms with E-state index in [1.807, 2.05) is 6.92 Å². The van der Waals surface area contributed by atoms with Gasteiger partial charge in [-0.3, -0.25) is 5.26 Å². The lowest BCUT2D eigenvalue weighted by Gasteiger charge is -2.10. The van der Waals surface area contributed by atoms with E-state index in [-0.39, 0.29) is 65.4 Å². The molecule has 0 radical (unpaired) electrons. The Morgan fingerprint density at radius 1 is 0.692 bits per heavy atom. The van der Waals surface area contributed by atoms with Crippen LogP contribution in [-0.2, 0) is 9.62 Å². The highest BCUT2D eigenvalue weighted by molar-refractivity contribution is 4.52. The third kappa shape index (κ3) is 49.5. The van der Waals surface area contributed by atoms with Gasteiger partial charge in [-0.05, 0) is 6.42 Å². The van der Waals surface area contributed by atoms with E-state index in [9.17, 15) is 0 Å². The molecule has 0 fully saturated rings. The molecule has 0 heterocycles. The molecule has 0 aromatic carbocycles. The van der Waals surface area contributed by atoms with Gasteiger partial charge in [-0.25, -0.2) is 4.89 Å². The van der Waals surface area contributed by atoms with Crippen molar-refractivity contribution in [1.82, 2.24) is 0 Å². The average Bonchev–Trinajstić information content (AvgIpc) is 2.55. The van der Waals surface area contributed by atoms with Gasteiger partial charge in [0.25, 0.3) is 0 Å². The lowest BCUT2D eigenvalue weighted by atomic mass is 10.4. The molecular formula is C14H42O12. The molecule has 0 aliphatic carbocycles. The third-order valence-corrected chi connectivity index (χ3v) is 1.76. The third-order valence-electron chi connectivity index (χ3n) is 1.76. The predicted molar refractivity (Wildman–Crippen MR) is 96.7 cm³/mol. The van der Waals surface area contributed by atoms with Gasteiger partial charge < -0.3 is 51.4 Å². The van der Waals surface area contributed by atoms with Gasteiger partial charge in [0.1, 0.15) is 18.3 Å². The highest BCUT2D eigenvalue weighted by Crippen LogP contribution is 1.87. The zero-order valence-corrected chi connectivity index (χ0v) is 13.8. The molecule has 12 N–H and O–H groups in total. The molecule has 12 heteroatoms. The molecule has 0 aliphatic rings. The summed E-state index contributed by atoms with van der Waals surface area (Å²) < 4.78 is 4.72. The standard InChI is InChI=1S/C6H14O5.C3H8O3.C3H8O2.2CH4.2H2O/c7-1-5(9)3-11-4-6(10)2-8;4-1-3(6)2-5;1-2-3-5-4;;;;/h5-10H,1-4H2;3-6H,1-2H2;4H,2-3H2,1H3;2*1H4;2*1H2/t5-,6?;;;;;;/m1....../s1. The molecule has 0 saturated carbocycles. The van der Waals surface area contributed by atoms with Gasteiger partial charge in [0.05, 0.1) is 46.2 Å². The zero-order valence-electron chi connectivity index (χ0n) is 13.8. The maximum absolute atomic E-state index is 8.72. The van der Waals surface area contributed by atoms with Crippen LogP contribution in [0.25, 0.3) is 0 Å². The van der Waals surface area contributed by atoms with Gasteiger partial charge in [0.15, 0.2) is 0 Å². The second kappa shape index (κ2) is 39.5. The van der Waals surface area contributed by atoms with Crippen molar-refractivity contribution in [2.45, 2.75) is 46.5 Å². The zero-order chi connectivity index (χ0) is 17.8. The van der Waals surface area contributed by atoms with Crippen LogP contribution in [-0.4, -0.2) is 117 Å². The Kier molecular flexibility index (Phi) is 68.0. The fourth-order valence-corrected chi connectivity index (χ4v) is 0.595. The van der Waals surface area contributed by atoms with Gasteiger partial charge in [0.2, 0.25) is 0 Å². The van der Waals surface area contributed by atoms with Crippen LogP contribution < -0.4 is 0 Å². The van der Waals surface area contributed by atoms with Gasteiger partial charge in [-0.2, -0.15) is 0 Å². The molecule has 0 amide bonds. The molecule has 0 saturated heterocycles. The van der Waals surface area contributed by atoms with Crippen LogP contribution in [0.5, 0.6) is 0 Å². The first-order valence-corrected chi connectivity index (χ1v) is 6.74. The molecule has 0 rings (SSSR count). The van der Waals surface area contributed by atoms with E-state index in [1.165, 1.54) is 0 Å². The summed E-state index contributed by atoms with van der Waals surface area (Å²) in [5.41, 5.74) is 0. The first kappa shape index (κ1) is 44.7. The van der Waals surface area contributed by atoms with E-state index in [4.69, 9.17) is 45.7 Å². The van der Waals surface area contributed by atoms with Crippen molar-refractivity contribution < 1.29 is 61.6 Å². The fourth-order valence-electron chi connectivity index (χ4n) is 0.595.